The van der Waals surface area contributed by atoms with E-state index >= 15 is 0 Å². The summed E-state index contributed by atoms with van der Waals surface area (Å²) >= 11 is 0. The number of carbonyl (C=O) groups excluding carboxylic acids is 2. The molecule has 0 aliphatic carbocycles. The first kappa shape index (κ1) is 21.9. The zero-order valence-electron chi connectivity index (χ0n) is 15.9. The predicted molar refractivity (Wildman–Crippen MR) is 95.0 cm³/mol. The zero-order chi connectivity index (χ0) is 21.2. The molecule has 1 unspecified atom stereocenters. The van der Waals surface area contributed by atoms with Crippen molar-refractivity contribution in [1.29, 1.82) is 0 Å². The molecule has 5 nitrogen and oxygen atoms in total. The van der Waals surface area contributed by atoms with Gasteiger partial charge in [-0.05, 0) is 29.2 Å². The molecule has 1 aromatic rings. The quantitative estimate of drug-likeness (QED) is 0.602. The highest BCUT2D eigenvalue weighted by molar-refractivity contribution is 5.96. The zero-order valence-corrected chi connectivity index (χ0v) is 15.9. The second-order valence-electron chi connectivity index (χ2n) is 8.10. The van der Waals surface area contributed by atoms with Gasteiger partial charge in [0.15, 0.2) is 5.60 Å². The number of benzene rings is 1. The average Bonchev–Trinajstić information content (AvgIpc) is 2.88. The van der Waals surface area contributed by atoms with Crippen molar-refractivity contribution in [3.63, 3.8) is 0 Å². The molecule has 1 atom stereocenters. The summed E-state index contributed by atoms with van der Waals surface area (Å²) in [4.78, 5) is 24.0. The van der Waals surface area contributed by atoms with E-state index in [-0.39, 0.29) is 36.0 Å². The molecule has 1 aliphatic rings. The van der Waals surface area contributed by atoms with E-state index in [1.54, 1.807) is 0 Å². The smallest absolute Gasteiger partial charge is 0.416 e. The molecule has 0 bridgehead atoms. The van der Waals surface area contributed by atoms with Crippen LogP contribution >= 0.6 is 0 Å². The minimum Gasteiger partial charge on any atom is -0.461 e. The monoisotopic (exact) mass is 400 g/mol. The minimum atomic E-state index is -4.50. The average molecular weight is 400 g/mol. The summed E-state index contributed by atoms with van der Waals surface area (Å²) in [5.41, 5.74) is -2.28. The Bertz CT molecular complexity index is 777. The van der Waals surface area contributed by atoms with E-state index in [0.717, 1.165) is 12.1 Å². The summed E-state index contributed by atoms with van der Waals surface area (Å²) in [5, 5.41) is 9.67. The molecule has 1 aromatic carbocycles. The lowest BCUT2D eigenvalue weighted by Gasteiger charge is -2.25. The van der Waals surface area contributed by atoms with E-state index in [9.17, 15) is 27.9 Å². The molecule has 2 rings (SSSR count). The molecule has 28 heavy (non-hydrogen) atoms. The Morgan fingerprint density at radius 2 is 2.00 bits per heavy atom. The van der Waals surface area contributed by atoms with Gasteiger partial charge in [-0.2, -0.15) is 13.2 Å². The molecule has 0 aromatic heterocycles. The van der Waals surface area contributed by atoms with Crippen molar-refractivity contribution in [2.75, 3.05) is 13.2 Å². The van der Waals surface area contributed by atoms with Crippen molar-refractivity contribution in [3.05, 3.63) is 41.0 Å². The first-order valence-corrected chi connectivity index (χ1v) is 8.71. The van der Waals surface area contributed by atoms with E-state index in [1.807, 2.05) is 20.8 Å². The lowest BCUT2D eigenvalue weighted by atomic mass is 9.92. The van der Waals surface area contributed by atoms with Gasteiger partial charge >= 0.3 is 18.1 Å². The highest BCUT2D eigenvalue weighted by Crippen LogP contribution is 2.34. The van der Waals surface area contributed by atoms with Crippen LogP contribution in [0.4, 0.5) is 13.2 Å². The summed E-state index contributed by atoms with van der Waals surface area (Å²) in [7, 11) is 0. The number of ether oxygens (including phenoxy) is 2. The van der Waals surface area contributed by atoms with Crippen LogP contribution in [-0.2, 0) is 25.2 Å². The molecule has 1 heterocycles. The van der Waals surface area contributed by atoms with E-state index in [2.05, 4.69) is 0 Å². The Labute approximate surface area is 161 Å². The van der Waals surface area contributed by atoms with Gasteiger partial charge in [-0.1, -0.05) is 32.9 Å². The maximum absolute atomic E-state index is 12.8. The standard InChI is InChI=1S/C20H23F3O5/c1-18(2,3)10-16(25)27-12-19(11-24)9-14(17(26)28-19)7-13-5-4-6-15(8-13)20(21,22)23/h4-8,24H,9-12H2,1-3H3/b14-7+. The number of hydrogen-bond donors (Lipinski definition) is 1. The predicted octanol–water partition coefficient (Wildman–Crippen LogP) is 3.75. The van der Waals surface area contributed by atoms with Crippen LogP contribution in [0.1, 0.15) is 44.7 Å². The number of alkyl halides is 3. The van der Waals surface area contributed by atoms with Crippen LogP contribution in [0.15, 0.2) is 29.8 Å². The molecule has 1 aliphatic heterocycles. The Morgan fingerprint density at radius 3 is 2.57 bits per heavy atom. The third-order valence-electron chi connectivity index (χ3n) is 4.10. The first-order valence-electron chi connectivity index (χ1n) is 8.71. The number of aliphatic hydroxyl groups is 1. The molecule has 0 saturated carbocycles. The second kappa shape index (κ2) is 7.95. The van der Waals surface area contributed by atoms with Crippen LogP contribution in [0, 0.1) is 5.41 Å². The molecular formula is C20H23F3O5. The number of cyclic esters (lactones) is 1. The van der Waals surface area contributed by atoms with Gasteiger partial charge in [-0.3, -0.25) is 4.79 Å². The topological polar surface area (TPSA) is 72.8 Å². The molecular weight excluding hydrogens is 377 g/mol. The van der Waals surface area contributed by atoms with E-state index in [4.69, 9.17) is 9.47 Å². The number of rotatable bonds is 5. The van der Waals surface area contributed by atoms with Gasteiger partial charge in [-0.25, -0.2) is 4.79 Å². The SMILES string of the molecule is CC(C)(C)CC(=O)OCC1(CO)C/C(=C\c2cccc(C(F)(F)F)c2)C(=O)O1. The van der Waals surface area contributed by atoms with Gasteiger partial charge in [0.25, 0.3) is 0 Å². The van der Waals surface area contributed by atoms with Crippen molar-refractivity contribution >= 4 is 18.0 Å². The van der Waals surface area contributed by atoms with Gasteiger partial charge in [-0.15, -0.1) is 0 Å². The normalized spacial score (nSPS) is 21.7. The number of esters is 2. The van der Waals surface area contributed by atoms with E-state index < -0.39 is 35.9 Å². The molecule has 8 heteroatoms. The third kappa shape index (κ3) is 5.82. The molecule has 1 N–H and O–H groups in total. The fraction of sp³-hybridized carbons (Fsp3) is 0.500. The lowest BCUT2D eigenvalue weighted by Crippen LogP contribution is -2.39. The summed E-state index contributed by atoms with van der Waals surface area (Å²) in [6.07, 6.45) is -3.15. The maximum atomic E-state index is 12.8. The highest BCUT2D eigenvalue weighted by atomic mass is 19.4. The van der Waals surface area contributed by atoms with Crippen molar-refractivity contribution in [3.8, 4) is 0 Å². The summed E-state index contributed by atoms with van der Waals surface area (Å²) in [6.45, 7) is 4.68. The summed E-state index contributed by atoms with van der Waals surface area (Å²) < 4.78 is 48.9. The minimum absolute atomic E-state index is 0.0820. The third-order valence-corrected chi connectivity index (χ3v) is 4.10. The summed E-state index contributed by atoms with van der Waals surface area (Å²) in [5.74, 6) is -1.26. The fourth-order valence-electron chi connectivity index (χ4n) is 2.74. The number of halogens is 3. The number of carbonyl (C=O) groups is 2. The van der Waals surface area contributed by atoms with Crippen LogP contribution < -0.4 is 0 Å². The van der Waals surface area contributed by atoms with Gasteiger partial charge < -0.3 is 14.6 Å². The number of aliphatic hydroxyl groups excluding tert-OH is 1. The molecule has 0 amide bonds. The fourth-order valence-corrected chi connectivity index (χ4v) is 2.74. The highest BCUT2D eigenvalue weighted by Gasteiger charge is 2.44. The van der Waals surface area contributed by atoms with Crippen LogP contribution in [0.25, 0.3) is 6.08 Å². The largest absolute Gasteiger partial charge is 0.461 e. The van der Waals surface area contributed by atoms with Crippen LogP contribution in [-0.4, -0.2) is 35.9 Å². The molecule has 154 valence electrons. The Morgan fingerprint density at radius 1 is 1.32 bits per heavy atom. The van der Waals surface area contributed by atoms with E-state index in [1.165, 1.54) is 18.2 Å². The summed E-state index contributed by atoms with van der Waals surface area (Å²) in [6, 6.07) is 4.52. The molecule has 1 fully saturated rings. The Hall–Kier alpha value is -2.35. The molecule has 0 spiro atoms. The van der Waals surface area contributed by atoms with Crippen molar-refractivity contribution < 1.29 is 37.3 Å². The van der Waals surface area contributed by atoms with Crippen molar-refractivity contribution in [2.45, 2.75) is 45.4 Å². The van der Waals surface area contributed by atoms with Gasteiger partial charge in [0.05, 0.1) is 18.6 Å². The van der Waals surface area contributed by atoms with Crippen molar-refractivity contribution in [2.24, 2.45) is 5.41 Å². The number of hydrogen-bond acceptors (Lipinski definition) is 5. The Kier molecular flexibility index (Phi) is 6.23. The van der Waals surface area contributed by atoms with Crippen LogP contribution in [0.3, 0.4) is 0 Å². The lowest BCUT2D eigenvalue weighted by molar-refractivity contribution is -0.167. The van der Waals surface area contributed by atoms with E-state index in [0.29, 0.717) is 0 Å². The van der Waals surface area contributed by atoms with Crippen LogP contribution in [0.2, 0.25) is 0 Å². The van der Waals surface area contributed by atoms with Crippen LogP contribution in [0.5, 0.6) is 0 Å². The molecule has 1 saturated heterocycles. The van der Waals surface area contributed by atoms with Gasteiger partial charge in [0, 0.05) is 12.0 Å². The van der Waals surface area contributed by atoms with Gasteiger partial charge in [0.2, 0.25) is 0 Å². The van der Waals surface area contributed by atoms with Crippen molar-refractivity contribution in [1.82, 2.24) is 0 Å². The Balaban J connectivity index is 2.14. The first-order chi connectivity index (χ1) is 12.8. The van der Waals surface area contributed by atoms with Gasteiger partial charge in [0.1, 0.15) is 6.61 Å². The molecule has 0 radical (unpaired) electrons. The second-order valence-corrected chi connectivity index (χ2v) is 8.10. The maximum Gasteiger partial charge on any atom is 0.416 e.